The molecule has 2 aliphatic rings. The van der Waals surface area contributed by atoms with Crippen LogP contribution in [0.1, 0.15) is 41.7 Å². The number of likely N-dealkylation sites (tertiary alicyclic amines) is 1. The third kappa shape index (κ3) is 4.72. The highest BCUT2D eigenvalue weighted by Gasteiger charge is 2.38. The van der Waals surface area contributed by atoms with E-state index in [9.17, 15) is 19.8 Å². The average Bonchev–Trinajstić information content (AvgIpc) is 3.48. The summed E-state index contributed by atoms with van der Waals surface area (Å²) in [7, 11) is 0. The monoisotopic (exact) mass is 572 g/mol. The molecular formula is C30H32N6O6. The maximum atomic E-state index is 12.9. The van der Waals surface area contributed by atoms with Gasteiger partial charge in [0.1, 0.15) is 19.0 Å². The van der Waals surface area contributed by atoms with Crippen LogP contribution >= 0.6 is 0 Å². The predicted octanol–water partition coefficient (Wildman–Crippen LogP) is 2.32. The van der Waals surface area contributed by atoms with Gasteiger partial charge in [-0.1, -0.05) is 6.07 Å². The number of fused-ring (bicyclic) bond motifs is 2. The zero-order valence-electron chi connectivity index (χ0n) is 23.2. The molecule has 5 heterocycles. The fourth-order valence-corrected chi connectivity index (χ4v) is 5.53. The summed E-state index contributed by atoms with van der Waals surface area (Å²) in [5.41, 5.74) is 9.72. The smallest absolute Gasteiger partial charge is 0.233 e. The summed E-state index contributed by atoms with van der Waals surface area (Å²) >= 11 is 0. The largest absolute Gasteiger partial charge is 0.486 e. The van der Waals surface area contributed by atoms with Crippen molar-refractivity contribution < 1.29 is 29.3 Å². The maximum absolute atomic E-state index is 12.9. The van der Waals surface area contributed by atoms with E-state index in [0.717, 1.165) is 22.4 Å². The number of hydrogen-bond donors (Lipinski definition) is 3. The summed E-state index contributed by atoms with van der Waals surface area (Å²) in [6.45, 7) is 2.50. The molecule has 3 aromatic heterocycles. The van der Waals surface area contributed by atoms with E-state index in [2.05, 4.69) is 10.1 Å². The van der Waals surface area contributed by atoms with E-state index < -0.39 is 18.6 Å². The second-order valence-corrected chi connectivity index (χ2v) is 10.9. The van der Waals surface area contributed by atoms with Crippen molar-refractivity contribution in [1.29, 1.82) is 0 Å². The molecule has 4 N–H and O–H groups in total. The number of nitrogens with two attached hydrogens (primary N) is 1. The lowest BCUT2D eigenvalue weighted by Gasteiger charge is -2.37. The van der Waals surface area contributed by atoms with Gasteiger partial charge in [-0.25, -0.2) is 4.98 Å². The van der Waals surface area contributed by atoms with Crippen molar-refractivity contribution >= 4 is 23.7 Å². The van der Waals surface area contributed by atoms with Crippen LogP contribution in [0.5, 0.6) is 11.5 Å². The van der Waals surface area contributed by atoms with Crippen molar-refractivity contribution in [2.45, 2.75) is 25.7 Å². The van der Waals surface area contributed by atoms with Crippen molar-refractivity contribution in [1.82, 2.24) is 24.5 Å². The van der Waals surface area contributed by atoms with Gasteiger partial charge in [0.25, 0.3) is 0 Å². The summed E-state index contributed by atoms with van der Waals surface area (Å²) in [6, 6.07) is 9.57. The number of carbonyl (C=O) groups is 2. The van der Waals surface area contributed by atoms with Crippen molar-refractivity contribution in [3.8, 4) is 33.9 Å². The lowest BCUT2D eigenvalue weighted by molar-refractivity contribution is -0.147. The normalized spacial score (nSPS) is 15.6. The van der Waals surface area contributed by atoms with Gasteiger partial charge in [0.05, 0.1) is 41.8 Å². The van der Waals surface area contributed by atoms with Crippen LogP contribution in [0.25, 0.3) is 28.0 Å². The molecule has 12 nitrogen and oxygen atoms in total. The lowest BCUT2D eigenvalue weighted by Crippen LogP contribution is -2.49. The molecule has 0 saturated carbocycles. The Morgan fingerprint density at radius 3 is 2.45 bits per heavy atom. The zero-order valence-corrected chi connectivity index (χ0v) is 23.2. The van der Waals surface area contributed by atoms with Crippen LogP contribution < -0.4 is 15.2 Å². The summed E-state index contributed by atoms with van der Waals surface area (Å²) in [5.74, 6) is 1.19. The van der Waals surface area contributed by atoms with Crippen molar-refractivity contribution in [2.75, 3.05) is 45.3 Å². The number of aromatic nitrogens is 4. The molecular weight excluding hydrogens is 540 g/mol. The Kier molecular flexibility index (Phi) is 7.25. The van der Waals surface area contributed by atoms with Crippen molar-refractivity contribution in [3.63, 3.8) is 0 Å². The molecule has 42 heavy (non-hydrogen) atoms. The topological polar surface area (TPSA) is 165 Å². The second kappa shape index (κ2) is 11.0. The van der Waals surface area contributed by atoms with E-state index in [4.69, 9.17) is 20.2 Å². The minimum absolute atomic E-state index is 0.116. The fraction of sp³-hybridized carbons (Fsp3) is 0.367. The Morgan fingerprint density at radius 2 is 1.79 bits per heavy atom. The summed E-state index contributed by atoms with van der Waals surface area (Å²) in [4.78, 5) is 36.3. The number of amides is 1. The van der Waals surface area contributed by atoms with Crippen LogP contribution in [0.2, 0.25) is 0 Å². The van der Waals surface area contributed by atoms with Gasteiger partial charge in [0.15, 0.2) is 23.4 Å². The lowest BCUT2D eigenvalue weighted by atomic mass is 9.87. The number of hydrogen-bond acceptors (Lipinski definition) is 10. The summed E-state index contributed by atoms with van der Waals surface area (Å²) < 4.78 is 12.8. The van der Waals surface area contributed by atoms with Gasteiger partial charge in [0, 0.05) is 41.9 Å². The number of anilines is 1. The fourth-order valence-electron chi connectivity index (χ4n) is 5.53. The van der Waals surface area contributed by atoms with Crippen LogP contribution in [-0.2, 0) is 4.79 Å². The standard InChI is InChI=1S/C30H32N6O6/c1-30(16-38,17-39)29(40)35-8-6-18(7-9-35)26-22(15-37)27(31)36-28(34-26)21(14-33-36)20-2-4-23(32-13-20)19-3-5-24-25(12-19)42-11-10-41-24/h2-5,12-15,18,38-39H,6-11,16-17,31H2,1H3. The third-order valence-electron chi connectivity index (χ3n) is 8.16. The number of aliphatic hydroxyl groups is 2. The Morgan fingerprint density at radius 1 is 1.07 bits per heavy atom. The Balaban J connectivity index is 1.28. The minimum atomic E-state index is -1.24. The SMILES string of the molecule is CC(CO)(CO)C(=O)N1CCC(c2nc3c(-c4ccc(-c5ccc6c(c5)OCCO6)nc4)cnn3c(N)c2C=O)CC1. The van der Waals surface area contributed by atoms with Crippen molar-refractivity contribution in [2.24, 2.45) is 5.41 Å². The highest BCUT2D eigenvalue weighted by atomic mass is 16.6. The average molecular weight is 573 g/mol. The first kappa shape index (κ1) is 27.6. The second-order valence-electron chi connectivity index (χ2n) is 10.9. The summed E-state index contributed by atoms with van der Waals surface area (Å²) in [6.07, 6.45) is 5.21. The zero-order chi connectivity index (χ0) is 29.4. The van der Waals surface area contributed by atoms with Crippen LogP contribution in [-0.4, -0.2) is 86.4 Å². The molecule has 2 aliphatic heterocycles. The molecule has 218 valence electrons. The van der Waals surface area contributed by atoms with Crippen molar-refractivity contribution in [3.05, 3.63) is 54.0 Å². The van der Waals surface area contributed by atoms with Gasteiger partial charge in [-0.2, -0.15) is 9.61 Å². The Bertz CT molecular complexity index is 1640. The molecule has 0 aliphatic carbocycles. The number of piperidine rings is 1. The third-order valence-corrected chi connectivity index (χ3v) is 8.16. The number of aliphatic hydroxyl groups excluding tert-OH is 2. The Labute approximate surface area is 241 Å². The van der Waals surface area contributed by atoms with Crippen LogP contribution in [0.4, 0.5) is 5.82 Å². The molecule has 0 spiro atoms. The first-order valence-electron chi connectivity index (χ1n) is 13.9. The highest BCUT2D eigenvalue weighted by molar-refractivity contribution is 5.87. The van der Waals surface area contributed by atoms with Gasteiger partial charge >= 0.3 is 0 Å². The first-order valence-corrected chi connectivity index (χ1v) is 13.9. The number of aldehydes is 1. The molecule has 12 heteroatoms. The predicted molar refractivity (Wildman–Crippen MR) is 153 cm³/mol. The number of nitrogens with zero attached hydrogens (tertiary/aromatic N) is 5. The van der Waals surface area contributed by atoms with Gasteiger partial charge in [-0.05, 0) is 44.0 Å². The number of rotatable bonds is 7. The molecule has 0 unspecified atom stereocenters. The van der Waals surface area contributed by atoms with E-state index in [1.165, 1.54) is 4.52 Å². The molecule has 1 aromatic carbocycles. The van der Waals surface area contributed by atoms with E-state index in [1.54, 1.807) is 24.2 Å². The number of pyridine rings is 1. The summed E-state index contributed by atoms with van der Waals surface area (Å²) in [5, 5.41) is 23.7. The molecule has 0 radical (unpaired) electrons. The van der Waals surface area contributed by atoms with E-state index >= 15 is 0 Å². The van der Waals surface area contributed by atoms with E-state index in [0.29, 0.717) is 68.3 Å². The van der Waals surface area contributed by atoms with E-state index in [1.807, 2.05) is 30.3 Å². The molecule has 6 rings (SSSR count). The van der Waals surface area contributed by atoms with Crippen LogP contribution in [0.3, 0.4) is 0 Å². The minimum Gasteiger partial charge on any atom is -0.486 e. The molecule has 1 saturated heterocycles. The van der Waals surface area contributed by atoms with Gasteiger partial charge in [0.2, 0.25) is 5.91 Å². The maximum Gasteiger partial charge on any atom is 0.233 e. The molecule has 1 amide bonds. The van der Waals surface area contributed by atoms with Crippen LogP contribution in [0.15, 0.2) is 42.7 Å². The Hall–Kier alpha value is -4.55. The van der Waals surface area contributed by atoms with Crippen LogP contribution in [0, 0.1) is 5.41 Å². The number of nitrogen functional groups attached to an aromatic ring is 1. The number of benzene rings is 1. The number of carbonyl (C=O) groups excluding carboxylic acids is 2. The quantitative estimate of drug-likeness (QED) is 0.280. The molecule has 0 atom stereocenters. The molecule has 0 bridgehead atoms. The molecule has 4 aromatic rings. The molecule has 1 fully saturated rings. The van der Waals surface area contributed by atoms with Gasteiger partial charge < -0.3 is 30.3 Å². The highest BCUT2D eigenvalue weighted by Crippen LogP contribution is 2.36. The number of ether oxygens (including phenoxy) is 2. The first-order chi connectivity index (χ1) is 20.4. The van der Waals surface area contributed by atoms with Gasteiger partial charge in [-0.3, -0.25) is 14.6 Å². The van der Waals surface area contributed by atoms with E-state index in [-0.39, 0.29) is 23.2 Å². The van der Waals surface area contributed by atoms with Gasteiger partial charge in [-0.15, -0.1) is 0 Å².